The molecule has 2 N–H and O–H groups in total. The molecule has 35 heavy (non-hydrogen) atoms. The zero-order valence-electron chi connectivity index (χ0n) is 20.3. The highest BCUT2D eigenvalue weighted by Gasteiger charge is 2.23. The molecule has 0 amide bonds. The molecule has 0 unspecified atom stereocenters. The Kier molecular flexibility index (Phi) is 6.50. The highest BCUT2D eigenvalue weighted by atomic mass is 35.5. The third kappa shape index (κ3) is 4.70. The minimum absolute atomic E-state index is 0. The average Bonchev–Trinajstić information content (AvgIpc) is 3.11. The van der Waals surface area contributed by atoms with Crippen molar-refractivity contribution < 1.29 is 8.78 Å². The molecule has 10 heteroatoms. The normalized spacial score (nSPS) is 15.6. The third-order valence-corrected chi connectivity index (χ3v) is 6.02. The van der Waals surface area contributed by atoms with Gasteiger partial charge < -0.3 is 15.2 Å². The molecule has 0 fully saturated rings. The first kappa shape index (κ1) is 24.9. The number of aryl methyl sites for hydroxylation is 1. The summed E-state index contributed by atoms with van der Waals surface area (Å²) >= 11 is 0. The van der Waals surface area contributed by atoms with E-state index in [1.54, 1.807) is 6.07 Å². The zero-order valence-corrected chi connectivity index (χ0v) is 21.1. The van der Waals surface area contributed by atoms with Gasteiger partial charge in [0.25, 0.3) is 0 Å². The van der Waals surface area contributed by atoms with Crippen LogP contribution in [-0.4, -0.2) is 30.5 Å². The van der Waals surface area contributed by atoms with Gasteiger partial charge in [-0.05, 0) is 58.4 Å². The molecule has 1 atom stereocenters. The minimum Gasteiger partial charge on any atom is -0.323 e. The van der Waals surface area contributed by atoms with Crippen LogP contribution in [0.1, 0.15) is 44.8 Å². The lowest BCUT2D eigenvalue weighted by Gasteiger charge is -2.24. The Morgan fingerprint density at radius 3 is 2.60 bits per heavy atom. The number of nitrogens with zero attached hydrogens (tertiary/aromatic N) is 5. The minimum atomic E-state index is -0.638. The van der Waals surface area contributed by atoms with Gasteiger partial charge in [0, 0.05) is 35.8 Å². The van der Waals surface area contributed by atoms with Crippen molar-refractivity contribution in [1.82, 2.24) is 29.8 Å². The molecule has 184 valence electrons. The molecule has 5 rings (SSSR count). The second-order valence-electron chi connectivity index (χ2n) is 9.79. The number of pyridine rings is 1. The van der Waals surface area contributed by atoms with E-state index >= 15 is 4.39 Å². The largest absolute Gasteiger partial charge is 0.323 e. The first-order valence-corrected chi connectivity index (χ1v) is 11.3. The summed E-state index contributed by atoms with van der Waals surface area (Å²) in [7, 11) is 0. The van der Waals surface area contributed by atoms with Gasteiger partial charge in [-0.3, -0.25) is 0 Å². The third-order valence-electron chi connectivity index (χ3n) is 6.02. The molecule has 7 nitrogen and oxygen atoms in total. The molecule has 0 bridgehead atoms. The van der Waals surface area contributed by atoms with Crippen molar-refractivity contribution in [3.05, 3.63) is 59.2 Å². The van der Waals surface area contributed by atoms with Gasteiger partial charge in [0.05, 0.1) is 11.7 Å². The molecule has 1 aliphatic heterocycles. The average molecular weight is 500 g/mol. The smallest absolute Gasteiger partial charge is 0.229 e. The Balaban J connectivity index is 0.00000289. The van der Waals surface area contributed by atoms with Gasteiger partial charge in [0.2, 0.25) is 5.95 Å². The summed E-state index contributed by atoms with van der Waals surface area (Å²) in [5, 5.41) is 6.47. The fourth-order valence-corrected chi connectivity index (χ4v) is 4.56. The molecule has 4 heterocycles. The fraction of sp³-hybridized carbons (Fsp3) is 0.360. The summed E-state index contributed by atoms with van der Waals surface area (Å²) in [5.74, 6) is 0.290. The van der Waals surface area contributed by atoms with Gasteiger partial charge in [-0.1, -0.05) is 6.07 Å². The van der Waals surface area contributed by atoms with Crippen LogP contribution in [0, 0.1) is 18.6 Å². The van der Waals surface area contributed by atoms with E-state index in [-0.39, 0.29) is 35.1 Å². The lowest BCUT2D eigenvalue weighted by molar-refractivity contribution is 0.399. The topological polar surface area (TPSA) is 80.6 Å². The Morgan fingerprint density at radius 2 is 1.86 bits per heavy atom. The maximum absolute atomic E-state index is 15.0. The van der Waals surface area contributed by atoms with E-state index in [4.69, 9.17) is 0 Å². The second-order valence-corrected chi connectivity index (χ2v) is 9.79. The molecule has 0 saturated carbocycles. The van der Waals surface area contributed by atoms with Crippen molar-refractivity contribution in [1.29, 1.82) is 0 Å². The van der Waals surface area contributed by atoms with Crippen molar-refractivity contribution in [3.8, 4) is 11.3 Å². The van der Waals surface area contributed by atoms with Gasteiger partial charge in [-0.25, -0.2) is 28.7 Å². The van der Waals surface area contributed by atoms with Gasteiger partial charge in [-0.2, -0.15) is 0 Å². The van der Waals surface area contributed by atoms with Crippen LogP contribution >= 0.6 is 12.4 Å². The maximum atomic E-state index is 15.0. The van der Waals surface area contributed by atoms with Crippen molar-refractivity contribution >= 4 is 35.2 Å². The molecule has 0 radical (unpaired) electrons. The highest BCUT2D eigenvalue weighted by molar-refractivity contribution is 5.85. The standard InChI is InChI=1S/C25H27F2N7.ClH/c1-13-8-19-15(11-28-13)6-7-21(31-19)32-24-29-12-18(27)22(33-24)16-9-17(26)23-20(10-16)34(14(2)30-23)25(3,4)5;/h6-7,9-10,12-13,28H,8,11H2,1-5H3,(H,29,31,32,33);1H/t13-;/m1./s1. The molecule has 0 spiro atoms. The monoisotopic (exact) mass is 499 g/mol. The van der Waals surface area contributed by atoms with Gasteiger partial charge in [0.1, 0.15) is 22.9 Å². The number of nitrogens with one attached hydrogen (secondary N) is 2. The molecular formula is C25H28ClF2N7. The highest BCUT2D eigenvalue weighted by Crippen LogP contribution is 2.32. The lowest BCUT2D eigenvalue weighted by atomic mass is 10.0. The SMILES string of the molecule is Cc1nc2c(F)cc(-c3nc(Nc4ccc5c(n4)C[C@@H](C)NC5)ncc3F)cc2n1C(C)(C)C.Cl. The maximum Gasteiger partial charge on any atom is 0.229 e. The first-order chi connectivity index (χ1) is 16.1. The molecule has 4 aromatic rings. The van der Waals surface area contributed by atoms with E-state index in [1.165, 1.54) is 6.07 Å². The summed E-state index contributed by atoms with van der Waals surface area (Å²) in [4.78, 5) is 17.5. The van der Waals surface area contributed by atoms with Crippen LogP contribution in [0.5, 0.6) is 0 Å². The van der Waals surface area contributed by atoms with Gasteiger partial charge >= 0.3 is 0 Å². The number of aromatic nitrogens is 5. The van der Waals surface area contributed by atoms with E-state index < -0.39 is 11.6 Å². The van der Waals surface area contributed by atoms with Crippen molar-refractivity contribution in [2.45, 2.75) is 59.2 Å². The van der Waals surface area contributed by atoms with Crippen LogP contribution in [0.15, 0.2) is 30.5 Å². The number of hydrogen-bond acceptors (Lipinski definition) is 6. The van der Waals surface area contributed by atoms with Gasteiger partial charge in [0.15, 0.2) is 11.6 Å². The van der Waals surface area contributed by atoms with Crippen LogP contribution in [0.3, 0.4) is 0 Å². The van der Waals surface area contributed by atoms with Crippen LogP contribution in [0.2, 0.25) is 0 Å². The van der Waals surface area contributed by atoms with Crippen molar-refractivity contribution in [2.24, 2.45) is 0 Å². The van der Waals surface area contributed by atoms with E-state index in [1.807, 2.05) is 44.4 Å². The molecule has 3 aromatic heterocycles. The van der Waals surface area contributed by atoms with Crippen LogP contribution < -0.4 is 10.6 Å². The number of rotatable bonds is 3. The fourth-order valence-electron chi connectivity index (χ4n) is 4.56. The summed E-state index contributed by atoms with van der Waals surface area (Å²) in [6.07, 6.45) is 1.91. The first-order valence-electron chi connectivity index (χ1n) is 11.3. The predicted octanol–water partition coefficient (Wildman–Crippen LogP) is 5.43. The van der Waals surface area contributed by atoms with Crippen LogP contribution in [-0.2, 0) is 18.5 Å². The van der Waals surface area contributed by atoms with Gasteiger partial charge in [-0.15, -0.1) is 12.4 Å². The Bertz CT molecular complexity index is 1410. The second kappa shape index (κ2) is 9.13. The summed E-state index contributed by atoms with van der Waals surface area (Å²) in [6, 6.07) is 7.19. The van der Waals surface area contributed by atoms with Crippen molar-refractivity contribution in [3.63, 3.8) is 0 Å². The van der Waals surface area contributed by atoms with E-state index in [9.17, 15) is 4.39 Å². The molecule has 0 saturated heterocycles. The quantitative estimate of drug-likeness (QED) is 0.391. The molecule has 1 aromatic carbocycles. The Morgan fingerprint density at radius 1 is 1.09 bits per heavy atom. The molecular weight excluding hydrogens is 472 g/mol. The number of imidazole rings is 1. The summed E-state index contributed by atoms with van der Waals surface area (Å²) in [5.41, 5.74) is 3.00. The van der Waals surface area contributed by atoms with E-state index in [0.29, 0.717) is 28.8 Å². The Labute approximate surface area is 208 Å². The lowest BCUT2D eigenvalue weighted by Crippen LogP contribution is -2.33. The number of fused-ring (bicyclic) bond motifs is 2. The number of halogens is 3. The van der Waals surface area contributed by atoms with E-state index in [0.717, 1.165) is 30.4 Å². The number of hydrogen-bond donors (Lipinski definition) is 2. The number of benzene rings is 1. The van der Waals surface area contributed by atoms with E-state index in [2.05, 4.69) is 37.5 Å². The Hall–Kier alpha value is -3.17. The summed E-state index contributed by atoms with van der Waals surface area (Å²) < 4.78 is 31.8. The predicted molar refractivity (Wildman–Crippen MR) is 135 cm³/mol. The molecule has 0 aliphatic carbocycles. The number of anilines is 2. The zero-order chi connectivity index (χ0) is 24.2. The van der Waals surface area contributed by atoms with Crippen LogP contribution in [0.25, 0.3) is 22.3 Å². The summed E-state index contributed by atoms with van der Waals surface area (Å²) in [6.45, 7) is 10.8. The van der Waals surface area contributed by atoms with Crippen LogP contribution in [0.4, 0.5) is 20.5 Å². The molecule has 1 aliphatic rings. The van der Waals surface area contributed by atoms with Crippen molar-refractivity contribution in [2.75, 3.05) is 5.32 Å².